The molecule has 0 saturated heterocycles. The smallest absolute Gasteiger partial charge is 0.321 e. The Labute approximate surface area is 219 Å². The number of esters is 1. The Balaban J connectivity index is 1.63. The second-order valence-corrected chi connectivity index (χ2v) is 10.6. The molecule has 0 aromatic heterocycles. The minimum Gasteiger partial charge on any atom is -0.424 e. The Morgan fingerprint density at radius 3 is 2.08 bits per heavy atom. The number of carbonyl (C=O) groups is 1. The number of unbranched alkanes of at least 4 members (excludes halogenated alkanes) is 7. The Morgan fingerprint density at radius 1 is 0.806 bits per heavy atom. The zero-order valence-corrected chi connectivity index (χ0v) is 22.6. The number of nitrogens with zero attached hydrogens (tertiary/aromatic N) is 1. The lowest BCUT2D eigenvalue weighted by molar-refractivity contribution is -0.142. The highest BCUT2D eigenvalue weighted by Gasteiger charge is 2.43. The van der Waals surface area contributed by atoms with Gasteiger partial charge in [-0.15, -0.1) is 0 Å². The first-order valence-electron chi connectivity index (χ1n) is 14.5. The summed E-state index contributed by atoms with van der Waals surface area (Å²) in [5.41, 5.74) is 3.35. The van der Waals surface area contributed by atoms with Gasteiger partial charge in [-0.1, -0.05) is 115 Å². The molecule has 36 heavy (non-hydrogen) atoms. The van der Waals surface area contributed by atoms with Crippen molar-refractivity contribution in [2.75, 3.05) is 0 Å². The molecule has 0 aliphatic heterocycles. The number of benzene rings is 2. The molecular weight excluding hydrogens is 442 g/mol. The first kappa shape index (κ1) is 28.0. The molecule has 2 aromatic carbocycles. The van der Waals surface area contributed by atoms with Crippen LogP contribution in [0.5, 0.6) is 5.75 Å². The number of nitriles is 1. The largest absolute Gasteiger partial charge is 0.424 e. The average Bonchev–Trinajstić information content (AvgIpc) is 2.91. The van der Waals surface area contributed by atoms with Crippen molar-refractivity contribution >= 4 is 5.97 Å². The van der Waals surface area contributed by atoms with Crippen molar-refractivity contribution in [1.29, 1.82) is 5.26 Å². The van der Waals surface area contributed by atoms with E-state index in [1.165, 1.54) is 50.5 Å². The molecule has 0 N–H and O–H groups in total. The highest BCUT2D eigenvalue weighted by atomic mass is 16.5. The van der Waals surface area contributed by atoms with Crippen molar-refractivity contribution in [3.63, 3.8) is 0 Å². The molecule has 0 atom stereocenters. The Kier molecular flexibility index (Phi) is 11.5. The third-order valence-corrected chi connectivity index (χ3v) is 7.83. The van der Waals surface area contributed by atoms with E-state index in [0.717, 1.165) is 68.9 Å². The normalized spacial score (nSPS) is 14.8. The van der Waals surface area contributed by atoms with E-state index in [1.807, 2.05) is 18.2 Å². The van der Waals surface area contributed by atoms with Gasteiger partial charge in [0.1, 0.15) is 11.8 Å². The van der Waals surface area contributed by atoms with E-state index >= 15 is 0 Å². The minimum atomic E-state index is -0.620. The average molecular weight is 488 g/mol. The molecule has 3 nitrogen and oxygen atoms in total. The predicted octanol–water partition coefficient (Wildman–Crippen LogP) is 9.00. The van der Waals surface area contributed by atoms with Gasteiger partial charge in [-0.25, -0.2) is 0 Å². The van der Waals surface area contributed by atoms with Gasteiger partial charge in [0.2, 0.25) is 0 Å². The van der Waals surface area contributed by atoms with Gasteiger partial charge < -0.3 is 4.74 Å². The molecule has 1 aliphatic rings. The first-order valence-corrected chi connectivity index (χ1v) is 14.5. The molecule has 0 unspecified atom stereocenters. The highest BCUT2D eigenvalue weighted by molar-refractivity contribution is 5.85. The molecule has 0 amide bonds. The Hall–Kier alpha value is -2.60. The highest BCUT2D eigenvalue weighted by Crippen LogP contribution is 2.41. The standard InChI is InChI=1S/C33H45NO2/c1-3-5-6-7-8-9-10-12-16-28-19-22-31(29(25-28)26-34)36-32(35)33(23-13-11-14-24-33)30-20-17-27(15-4-2)18-21-30/h17-22,25H,3-16,23-24H2,1-2H3. The summed E-state index contributed by atoms with van der Waals surface area (Å²) in [6.07, 6.45) is 18.2. The molecule has 0 spiro atoms. The van der Waals surface area contributed by atoms with Crippen molar-refractivity contribution in [1.82, 2.24) is 0 Å². The molecular formula is C33H45NO2. The van der Waals surface area contributed by atoms with E-state index in [0.29, 0.717) is 11.3 Å². The van der Waals surface area contributed by atoms with Crippen LogP contribution in [0.2, 0.25) is 0 Å². The summed E-state index contributed by atoms with van der Waals surface area (Å²) in [6, 6.07) is 16.6. The topological polar surface area (TPSA) is 50.1 Å². The molecule has 2 aromatic rings. The number of rotatable bonds is 14. The minimum absolute atomic E-state index is 0.210. The third-order valence-electron chi connectivity index (χ3n) is 7.83. The number of hydrogen-bond donors (Lipinski definition) is 0. The van der Waals surface area contributed by atoms with Crippen LogP contribution in [0, 0.1) is 11.3 Å². The van der Waals surface area contributed by atoms with Gasteiger partial charge in [-0.3, -0.25) is 4.79 Å². The van der Waals surface area contributed by atoms with Crippen molar-refractivity contribution in [3.8, 4) is 11.8 Å². The summed E-state index contributed by atoms with van der Waals surface area (Å²) in [5, 5.41) is 9.80. The lowest BCUT2D eigenvalue weighted by Gasteiger charge is -2.35. The van der Waals surface area contributed by atoms with Crippen LogP contribution in [-0.4, -0.2) is 5.97 Å². The van der Waals surface area contributed by atoms with Crippen molar-refractivity contribution < 1.29 is 9.53 Å². The summed E-state index contributed by atoms with van der Waals surface area (Å²) in [6.45, 7) is 4.43. The quantitative estimate of drug-likeness (QED) is 0.152. The molecule has 0 heterocycles. The summed E-state index contributed by atoms with van der Waals surface area (Å²) < 4.78 is 5.99. The van der Waals surface area contributed by atoms with Gasteiger partial charge in [0.25, 0.3) is 0 Å². The van der Waals surface area contributed by atoms with Crippen molar-refractivity contribution in [2.45, 2.75) is 122 Å². The van der Waals surface area contributed by atoms with Gasteiger partial charge in [0.05, 0.1) is 11.0 Å². The Bertz CT molecular complexity index is 980. The summed E-state index contributed by atoms with van der Waals surface area (Å²) in [5.74, 6) is 0.187. The molecule has 1 fully saturated rings. The second-order valence-electron chi connectivity index (χ2n) is 10.6. The maximum absolute atomic E-state index is 13.7. The SMILES string of the molecule is CCCCCCCCCCc1ccc(OC(=O)C2(c3ccc(CCC)cc3)CCCCC2)c(C#N)c1. The molecule has 3 rings (SSSR count). The number of aryl methyl sites for hydroxylation is 2. The zero-order chi connectivity index (χ0) is 25.6. The van der Waals surface area contributed by atoms with Crippen LogP contribution in [0.1, 0.15) is 126 Å². The fourth-order valence-corrected chi connectivity index (χ4v) is 5.61. The van der Waals surface area contributed by atoms with Crippen LogP contribution in [0.15, 0.2) is 42.5 Å². The molecule has 1 aliphatic carbocycles. The first-order chi connectivity index (χ1) is 17.6. The van der Waals surface area contributed by atoms with E-state index in [4.69, 9.17) is 4.74 Å². The van der Waals surface area contributed by atoms with E-state index in [-0.39, 0.29) is 5.97 Å². The van der Waals surface area contributed by atoms with Gasteiger partial charge in [-0.2, -0.15) is 5.26 Å². The van der Waals surface area contributed by atoms with Crippen LogP contribution in [-0.2, 0) is 23.1 Å². The lowest BCUT2D eigenvalue weighted by Crippen LogP contribution is -2.41. The number of carbonyl (C=O) groups excluding carboxylic acids is 1. The molecule has 194 valence electrons. The third kappa shape index (κ3) is 7.70. The predicted molar refractivity (Wildman–Crippen MR) is 148 cm³/mol. The van der Waals surface area contributed by atoms with Crippen LogP contribution in [0.4, 0.5) is 0 Å². The number of ether oxygens (including phenoxy) is 1. The zero-order valence-electron chi connectivity index (χ0n) is 22.6. The van der Waals surface area contributed by atoms with Crippen LogP contribution < -0.4 is 4.74 Å². The lowest BCUT2D eigenvalue weighted by atomic mass is 9.69. The fraction of sp³-hybridized carbons (Fsp3) is 0.576. The van der Waals surface area contributed by atoms with Gasteiger partial charge in [0, 0.05) is 0 Å². The van der Waals surface area contributed by atoms with E-state index in [1.54, 1.807) is 0 Å². The van der Waals surface area contributed by atoms with Gasteiger partial charge in [0.15, 0.2) is 0 Å². The Morgan fingerprint density at radius 2 is 1.44 bits per heavy atom. The summed E-state index contributed by atoms with van der Waals surface area (Å²) in [7, 11) is 0. The monoisotopic (exact) mass is 487 g/mol. The van der Waals surface area contributed by atoms with Crippen LogP contribution in [0.3, 0.4) is 0 Å². The van der Waals surface area contributed by atoms with E-state index in [9.17, 15) is 10.1 Å². The van der Waals surface area contributed by atoms with Gasteiger partial charge in [-0.05, 0) is 60.9 Å². The van der Waals surface area contributed by atoms with E-state index < -0.39 is 5.41 Å². The van der Waals surface area contributed by atoms with Crippen LogP contribution >= 0.6 is 0 Å². The number of hydrogen-bond acceptors (Lipinski definition) is 3. The maximum atomic E-state index is 13.7. The van der Waals surface area contributed by atoms with Crippen molar-refractivity contribution in [3.05, 3.63) is 64.7 Å². The molecule has 0 radical (unpaired) electrons. The van der Waals surface area contributed by atoms with E-state index in [2.05, 4.69) is 44.2 Å². The maximum Gasteiger partial charge on any atom is 0.321 e. The molecule has 3 heteroatoms. The summed E-state index contributed by atoms with van der Waals surface area (Å²) >= 11 is 0. The molecule has 1 saturated carbocycles. The fourth-order valence-electron chi connectivity index (χ4n) is 5.61. The molecule has 0 bridgehead atoms. The van der Waals surface area contributed by atoms with Gasteiger partial charge >= 0.3 is 5.97 Å². The second kappa shape index (κ2) is 14.8. The van der Waals surface area contributed by atoms with Crippen molar-refractivity contribution in [2.24, 2.45) is 0 Å². The summed E-state index contributed by atoms with van der Waals surface area (Å²) in [4.78, 5) is 13.7. The van der Waals surface area contributed by atoms with Crippen LogP contribution in [0.25, 0.3) is 0 Å².